The first-order valence-electron chi connectivity index (χ1n) is 7.35. The van der Waals surface area contributed by atoms with E-state index in [4.69, 9.17) is 5.11 Å². The van der Waals surface area contributed by atoms with Gasteiger partial charge in [-0.3, -0.25) is 14.6 Å². The van der Waals surface area contributed by atoms with Crippen LogP contribution in [0.25, 0.3) is 0 Å². The maximum Gasteiger partial charge on any atom is 0.310 e. The first kappa shape index (κ1) is 20.9. The largest absolute Gasteiger partial charge is 0.481 e. The molecule has 0 unspecified atom stereocenters. The van der Waals surface area contributed by atoms with Crippen LogP contribution in [-0.2, 0) is 14.3 Å². The fourth-order valence-corrected chi connectivity index (χ4v) is 1.30. The van der Waals surface area contributed by atoms with Crippen LogP contribution in [0.4, 0.5) is 0 Å². The maximum absolute atomic E-state index is 10.7. The van der Waals surface area contributed by atoms with E-state index in [0.717, 1.165) is 13.0 Å². The molecule has 0 aromatic carbocycles. The van der Waals surface area contributed by atoms with Gasteiger partial charge in [0.1, 0.15) is 0 Å². The van der Waals surface area contributed by atoms with Crippen molar-refractivity contribution >= 4 is 18.2 Å². The third-order valence-corrected chi connectivity index (χ3v) is 2.56. The zero-order valence-electron chi connectivity index (χ0n) is 13.1. The van der Waals surface area contributed by atoms with Gasteiger partial charge in [0.2, 0.25) is 0 Å². The van der Waals surface area contributed by atoms with Crippen LogP contribution < -0.4 is 0 Å². The summed E-state index contributed by atoms with van der Waals surface area (Å²) in [5.74, 6) is -0.966. The minimum atomic E-state index is -0.745. The number of hydrogen-bond acceptors (Lipinski definition) is 4. The average molecular weight is 287 g/mol. The van der Waals surface area contributed by atoms with E-state index in [-0.39, 0.29) is 12.4 Å². The molecule has 0 amide bonds. The maximum atomic E-state index is 10.7. The highest BCUT2D eigenvalue weighted by Crippen LogP contribution is 2.04. The van der Waals surface area contributed by atoms with Gasteiger partial charge in [-0.25, -0.2) is 0 Å². The van der Waals surface area contributed by atoms with Gasteiger partial charge < -0.3 is 9.84 Å². The molecule has 0 aromatic heterocycles. The van der Waals surface area contributed by atoms with Crippen molar-refractivity contribution in [1.29, 1.82) is 0 Å². The van der Waals surface area contributed by atoms with Crippen LogP contribution in [-0.4, -0.2) is 36.9 Å². The van der Waals surface area contributed by atoms with Crippen LogP contribution in [0.2, 0.25) is 0 Å². The Balaban J connectivity index is 0. The highest BCUT2D eigenvalue weighted by atomic mass is 16.5. The smallest absolute Gasteiger partial charge is 0.310 e. The SMILES string of the molecule is CCC(=O)O.CCCCCCCCN=CCC(=O)OC. The zero-order chi connectivity index (χ0) is 15.6. The number of carboxylic acid groups (broad SMARTS) is 1. The quantitative estimate of drug-likeness (QED) is 0.379. The molecular weight excluding hydrogens is 258 g/mol. The van der Waals surface area contributed by atoms with Crippen molar-refractivity contribution in [2.45, 2.75) is 65.2 Å². The van der Waals surface area contributed by atoms with Crippen molar-refractivity contribution in [3.63, 3.8) is 0 Å². The molecule has 0 heterocycles. The van der Waals surface area contributed by atoms with Gasteiger partial charge in [-0.15, -0.1) is 0 Å². The first-order valence-corrected chi connectivity index (χ1v) is 7.35. The van der Waals surface area contributed by atoms with E-state index >= 15 is 0 Å². The Hall–Kier alpha value is -1.39. The van der Waals surface area contributed by atoms with Gasteiger partial charge in [0, 0.05) is 19.2 Å². The Morgan fingerprint density at radius 1 is 1.10 bits per heavy atom. The van der Waals surface area contributed by atoms with Gasteiger partial charge in [-0.1, -0.05) is 46.0 Å². The highest BCUT2D eigenvalue weighted by Gasteiger charge is 1.94. The summed E-state index contributed by atoms with van der Waals surface area (Å²) in [6, 6.07) is 0. The van der Waals surface area contributed by atoms with E-state index in [9.17, 15) is 9.59 Å². The second-order valence-electron chi connectivity index (χ2n) is 4.38. The molecule has 0 radical (unpaired) electrons. The van der Waals surface area contributed by atoms with Crippen LogP contribution in [0, 0.1) is 0 Å². The van der Waals surface area contributed by atoms with Gasteiger partial charge in [0.25, 0.3) is 0 Å². The number of nitrogens with zero attached hydrogens (tertiary/aromatic N) is 1. The summed E-state index contributed by atoms with van der Waals surface area (Å²) in [5.41, 5.74) is 0. The molecule has 118 valence electrons. The Bertz CT molecular complexity index is 265. The monoisotopic (exact) mass is 287 g/mol. The van der Waals surface area contributed by atoms with Gasteiger partial charge in [0.05, 0.1) is 13.5 Å². The number of carbonyl (C=O) groups excluding carboxylic acids is 1. The number of esters is 1. The molecule has 0 bridgehead atoms. The molecule has 0 saturated heterocycles. The number of aliphatic imine (C=N–C) groups is 1. The van der Waals surface area contributed by atoms with Crippen molar-refractivity contribution in [2.24, 2.45) is 4.99 Å². The molecule has 0 aliphatic carbocycles. The van der Waals surface area contributed by atoms with Crippen molar-refractivity contribution in [2.75, 3.05) is 13.7 Å². The molecule has 0 spiro atoms. The molecule has 0 aromatic rings. The first-order chi connectivity index (χ1) is 9.58. The van der Waals surface area contributed by atoms with Gasteiger partial charge in [0.15, 0.2) is 0 Å². The van der Waals surface area contributed by atoms with Gasteiger partial charge >= 0.3 is 11.9 Å². The minimum absolute atomic E-state index is 0.221. The molecule has 0 saturated carbocycles. The highest BCUT2D eigenvalue weighted by molar-refractivity contribution is 5.85. The van der Waals surface area contributed by atoms with Crippen molar-refractivity contribution in [3.8, 4) is 0 Å². The van der Waals surface area contributed by atoms with E-state index in [0.29, 0.717) is 6.42 Å². The number of carbonyl (C=O) groups is 2. The lowest BCUT2D eigenvalue weighted by Crippen LogP contribution is -2.00. The number of rotatable bonds is 10. The summed E-state index contributed by atoms with van der Waals surface area (Å²) in [6.45, 7) is 4.66. The van der Waals surface area contributed by atoms with Crippen LogP contribution >= 0.6 is 0 Å². The minimum Gasteiger partial charge on any atom is -0.481 e. The fourth-order valence-electron chi connectivity index (χ4n) is 1.30. The number of aliphatic carboxylic acids is 1. The molecule has 5 heteroatoms. The van der Waals surface area contributed by atoms with Crippen LogP contribution in [0.15, 0.2) is 4.99 Å². The lowest BCUT2D eigenvalue weighted by Gasteiger charge is -1.97. The molecule has 0 aliphatic heterocycles. The van der Waals surface area contributed by atoms with Gasteiger partial charge in [-0.05, 0) is 6.42 Å². The number of hydrogen-bond donors (Lipinski definition) is 1. The summed E-state index contributed by atoms with van der Waals surface area (Å²) >= 11 is 0. The molecule has 5 nitrogen and oxygen atoms in total. The lowest BCUT2D eigenvalue weighted by atomic mass is 10.1. The second kappa shape index (κ2) is 17.6. The standard InChI is InChI=1S/C12H23NO2.C3H6O2/c1-3-4-5-6-7-8-10-13-11-9-12(14)15-2;1-2-3(4)5/h11H,3-10H2,1-2H3;2H2,1H3,(H,4,5). The number of ether oxygens (including phenoxy) is 1. The van der Waals surface area contributed by atoms with Crippen LogP contribution in [0.3, 0.4) is 0 Å². The molecule has 0 rings (SSSR count). The number of methoxy groups -OCH3 is 1. The van der Waals surface area contributed by atoms with Gasteiger partial charge in [-0.2, -0.15) is 0 Å². The normalized spacial score (nSPS) is 9.95. The summed E-state index contributed by atoms with van der Waals surface area (Å²) in [6.07, 6.45) is 9.81. The Kier molecular flexibility index (Phi) is 18.4. The summed E-state index contributed by atoms with van der Waals surface area (Å²) in [4.78, 5) is 24.2. The van der Waals surface area contributed by atoms with Crippen molar-refractivity contribution < 1.29 is 19.4 Å². The Morgan fingerprint density at radius 2 is 1.65 bits per heavy atom. The molecule has 0 atom stereocenters. The van der Waals surface area contributed by atoms with E-state index in [1.165, 1.54) is 39.2 Å². The van der Waals surface area contributed by atoms with Crippen molar-refractivity contribution in [3.05, 3.63) is 0 Å². The van der Waals surface area contributed by atoms with E-state index in [1.807, 2.05) is 0 Å². The zero-order valence-corrected chi connectivity index (χ0v) is 13.1. The van der Waals surface area contributed by atoms with Crippen LogP contribution in [0.5, 0.6) is 0 Å². The predicted molar refractivity (Wildman–Crippen MR) is 81.3 cm³/mol. The second-order valence-corrected chi connectivity index (χ2v) is 4.38. The summed E-state index contributed by atoms with van der Waals surface area (Å²) in [5, 5.41) is 7.72. The predicted octanol–water partition coefficient (Wildman–Crippen LogP) is 3.46. The molecular formula is C15H29NO4. The van der Waals surface area contributed by atoms with E-state index in [1.54, 1.807) is 13.1 Å². The number of unbranched alkanes of at least 4 members (excludes halogenated alkanes) is 5. The third-order valence-electron chi connectivity index (χ3n) is 2.56. The summed E-state index contributed by atoms with van der Waals surface area (Å²) in [7, 11) is 1.39. The molecule has 1 N–H and O–H groups in total. The number of carboxylic acids is 1. The summed E-state index contributed by atoms with van der Waals surface area (Å²) < 4.78 is 4.49. The Labute approximate surface area is 122 Å². The third kappa shape index (κ3) is 21.9. The van der Waals surface area contributed by atoms with Crippen LogP contribution in [0.1, 0.15) is 65.2 Å². The lowest BCUT2D eigenvalue weighted by molar-refractivity contribution is -0.139. The molecule has 20 heavy (non-hydrogen) atoms. The fraction of sp³-hybridized carbons (Fsp3) is 0.800. The average Bonchev–Trinajstić information content (AvgIpc) is 2.45. The topological polar surface area (TPSA) is 76.0 Å². The van der Waals surface area contributed by atoms with E-state index < -0.39 is 5.97 Å². The Morgan fingerprint density at radius 3 is 2.15 bits per heavy atom. The van der Waals surface area contributed by atoms with Crippen molar-refractivity contribution in [1.82, 2.24) is 0 Å². The molecule has 0 aliphatic rings. The molecule has 0 fully saturated rings. The van der Waals surface area contributed by atoms with E-state index in [2.05, 4.69) is 16.7 Å².